The first-order chi connectivity index (χ1) is 52.7. The van der Waals surface area contributed by atoms with Crippen molar-refractivity contribution in [1.82, 2.24) is 0 Å². The number of hydrogen-bond acceptors (Lipinski definition) is 15. The first-order valence-corrected chi connectivity index (χ1v) is 43.7. The molecule has 610 valence electrons. The number of aliphatic hydroxyl groups excluding tert-OH is 1. The molecule has 3 N–H and O–H groups in total. The Labute approximate surface area is 653 Å². The maximum absolute atomic E-state index is 13.1. The minimum absolute atomic E-state index is 0.0257. The molecule has 0 saturated heterocycles. The summed E-state index contributed by atoms with van der Waals surface area (Å²) in [5.74, 6) is -2.32. The number of allylic oxidation sites excluding steroid dienone is 32. The topological polar surface area (TPSA) is 237 Å². The molecule has 0 fully saturated rings. The Morgan fingerprint density at radius 1 is 0.259 bits per heavy atom. The second-order valence-corrected chi connectivity index (χ2v) is 29.1. The Hall–Kier alpha value is -6.10. The van der Waals surface area contributed by atoms with E-state index in [1.165, 1.54) is 0 Å². The van der Waals surface area contributed by atoms with Gasteiger partial charge in [0.05, 0.1) is 26.4 Å². The molecule has 17 nitrogen and oxygen atoms in total. The predicted octanol–water partition coefficient (Wildman–Crippen LogP) is 24.1. The van der Waals surface area contributed by atoms with Crippen LogP contribution in [0.1, 0.15) is 285 Å². The third kappa shape index (κ3) is 78.0. The van der Waals surface area contributed by atoms with Crippen LogP contribution >= 0.6 is 15.6 Å². The van der Waals surface area contributed by atoms with Crippen molar-refractivity contribution in [3.63, 3.8) is 0 Å². The lowest BCUT2D eigenvalue weighted by Gasteiger charge is -2.21. The lowest BCUT2D eigenvalue weighted by atomic mass is 10.1. The number of carbonyl (C=O) groups is 4. The van der Waals surface area contributed by atoms with Crippen LogP contribution in [0.2, 0.25) is 0 Å². The zero-order valence-electron chi connectivity index (χ0n) is 66.7. The van der Waals surface area contributed by atoms with Crippen LogP contribution in [0, 0.1) is 0 Å². The number of carbonyl (C=O) groups excluding carboxylic acids is 4. The van der Waals surface area contributed by atoms with E-state index in [0.717, 1.165) is 199 Å². The molecule has 0 rings (SSSR count). The van der Waals surface area contributed by atoms with Crippen molar-refractivity contribution in [2.24, 2.45) is 0 Å². The maximum Gasteiger partial charge on any atom is 0.472 e. The molecule has 0 heterocycles. The van der Waals surface area contributed by atoms with Gasteiger partial charge in [0, 0.05) is 25.7 Å². The summed E-state index contributed by atoms with van der Waals surface area (Å²) in [5.41, 5.74) is 0. The third-order valence-electron chi connectivity index (χ3n) is 16.0. The predicted molar refractivity (Wildman–Crippen MR) is 445 cm³/mol. The van der Waals surface area contributed by atoms with Gasteiger partial charge in [-0.1, -0.05) is 273 Å². The number of aliphatic hydroxyl groups is 1. The van der Waals surface area contributed by atoms with Gasteiger partial charge >= 0.3 is 39.5 Å². The highest BCUT2D eigenvalue weighted by Gasteiger charge is 2.30. The second kappa shape index (κ2) is 79.0. The van der Waals surface area contributed by atoms with E-state index in [1.807, 2.05) is 0 Å². The zero-order chi connectivity index (χ0) is 78.9. The number of unbranched alkanes of at least 4 members (excludes halogenated alkanes) is 16. The molecule has 0 aromatic heterocycles. The van der Waals surface area contributed by atoms with Crippen molar-refractivity contribution < 1.29 is 80.2 Å². The summed E-state index contributed by atoms with van der Waals surface area (Å²) in [6.45, 7) is 4.27. The molecular weight excluding hydrogens is 1400 g/mol. The summed E-state index contributed by atoms with van der Waals surface area (Å²) in [5, 5.41) is 10.7. The summed E-state index contributed by atoms with van der Waals surface area (Å²) in [4.78, 5) is 73.1. The minimum Gasteiger partial charge on any atom is -0.462 e. The van der Waals surface area contributed by atoms with Crippen molar-refractivity contribution in [2.75, 3.05) is 39.6 Å². The van der Waals surface area contributed by atoms with Crippen LogP contribution < -0.4 is 0 Å². The molecule has 0 aliphatic carbocycles. The lowest BCUT2D eigenvalue weighted by molar-refractivity contribution is -0.161. The van der Waals surface area contributed by atoms with Crippen molar-refractivity contribution in [2.45, 2.75) is 303 Å². The summed E-state index contributed by atoms with van der Waals surface area (Å²) in [6, 6.07) is 0. The summed E-state index contributed by atoms with van der Waals surface area (Å²) in [7, 11) is -10.0. The van der Waals surface area contributed by atoms with Crippen LogP contribution in [0.4, 0.5) is 0 Å². The van der Waals surface area contributed by atoms with Gasteiger partial charge in [0.25, 0.3) is 0 Å². The smallest absolute Gasteiger partial charge is 0.462 e. The number of phosphoric ester groups is 2. The quantitative estimate of drug-likeness (QED) is 0.0169. The second-order valence-electron chi connectivity index (χ2n) is 26.2. The maximum atomic E-state index is 13.1. The molecule has 0 amide bonds. The molecule has 0 aromatic carbocycles. The summed E-state index contributed by atoms with van der Waals surface area (Å²) in [6.07, 6.45) is 97.0. The van der Waals surface area contributed by atoms with E-state index in [2.05, 4.69) is 222 Å². The SMILES string of the molecule is CC/C=C\C/C=C\C/C=C\C/C=C\CCCCCCCCC(=O)OCC(COP(=O)(O)OCC(O)COP(=O)(O)OCC(COC(=O)CCCC/C=C\C/C=C\C/C=C\C/C=C\CC)OC(=O)CCCC/C=C\C/C=C\C/C=C\C/C=C\CC)OC(=O)CCCCCCCC/C=C\C/C=C\C/C=C\C/C=C\CC. The average Bonchev–Trinajstić information content (AvgIpc) is 0.896. The Bertz CT molecular complexity index is 2810. The minimum atomic E-state index is -5.01. The third-order valence-corrected chi connectivity index (χ3v) is 17.9. The van der Waals surface area contributed by atoms with E-state index in [9.17, 15) is 43.2 Å². The molecule has 0 bridgehead atoms. The van der Waals surface area contributed by atoms with E-state index < -0.39 is 97.5 Å². The van der Waals surface area contributed by atoms with Crippen LogP contribution in [0.5, 0.6) is 0 Å². The largest absolute Gasteiger partial charge is 0.472 e. The van der Waals surface area contributed by atoms with Gasteiger partial charge in [-0.3, -0.25) is 37.3 Å². The van der Waals surface area contributed by atoms with Gasteiger partial charge in [-0.25, -0.2) is 9.13 Å². The number of phosphoric acid groups is 2. The highest BCUT2D eigenvalue weighted by atomic mass is 31.2. The first kappa shape index (κ1) is 102. The fourth-order valence-corrected chi connectivity index (χ4v) is 11.6. The highest BCUT2D eigenvalue weighted by molar-refractivity contribution is 7.47. The molecule has 19 heteroatoms. The van der Waals surface area contributed by atoms with Crippen LogP contribution in [0.25, 0.3) is 0 Å². The Morgan fingerprint density at radius 3 is 0.713 bits per heavy atom. The molecule has 0 aromatic rings. The monoisotopic (exact) mass is 1540 g/mol. The number of ether oxygens (including phenoxy) is 4. The zero-order valence-corrected chi connectivity index (χ0v) is 68.5. The normalized spacial score (nSPS) is 14.8. The van der Waals surface area contributed by atoms with Gasteiger partial charge in [0.1, 0.15) is 19.3 Å². The van der Waals surface area contributed by atoms with Gasteiger partial charge in [-0.05, 0) is 180 Å². The molecule has 5 unspecified atom stereocenters. The number of esters is 4. The molecule has 0 aliphatic rings. The van der Waals surface area contributed by atoms with Crippen LogP contribution in [0.15, 0.2) is 194 Å². The van der Waals surface area contributed by atoms with Crippen molar-refractivity contribution >= 4 is 39.5 Å². The first-order valence-electron chi connectivity index (χ1n) is 40.7. The van der Waals surface area contributed by atoms with E-state index in [0.29, 0.717) is 32.1 Å². The van der Waals surface area contributed by atoms with Gasteiger partial charge in [-0.15, -0.1) is 0 Å². The number of hydrogen-bond donors (Lipinski definition) is 3. The number of rotatable bonds is 74. The molecule has 0 spiro atoms. The van der Waals surface area contributed by atoms with Crippen molar-refractivity contribution in [3.05, 3.63) is 194 Å². The van der Waals surface area contributed by atoms with E-state index >= 15 is 0 Å². The standard InChI is InChI=1S/C89H142O17P2/c1-5-9-13-17-21-25-29-33-37-39-41-43-47-50-54-58-62-66-70-74-87(92)100-80-85(106-89(94)76-72-68-64-60-56-52-48-44-42-40-38-34-30-26-22-18-14-10-6-2)82-104-108(97,98)102-78-83(90)77-101-107(95,96)103-81-84(105-88(93)75-71-67-63-59-55-51-46-36-32-28-24-20-16-12-8-4)79-99-86(91)73-69-65-61-57-53-49-45-35-31-27-23-19-15-11-7-3/h9-16,21-28,33-38,41-46,53,55,57,59,83-85,90H,5-8,17-20,29-32,39-40,47-52,54,56,58,60-82H2,1-4H3,(H,95,96)(H,97,98)/b13-9-,14-10-,15-11-,16-12-,25-21-,26-22-,27-23-,28-24-,37-33-,38-34-,43-41-,44-42-,45-35-,46-36-,57-53-,59-55-. The van der Waals surface area contributed by atoms with Crippen LogP contribution in [0.3, 0.4) is 0 Å². The van der Waals surface area contributed by atoms with Crippen LogP contribution in [-0.4, -0.2) is 96.7 Å². The molecular formula is C89H142O17P2. The highest BCUT2D eigenvalue weighted by Crippen LogP contribution is 2.45. The molecule has 0 aliphatic heterocycles. The molecule has 108 heavy (non-hydrogen) atoms. The van der Waals surface area contributed by atoms with E-state index in [4.69, 9.17) is 37.0 Å². The Morgan fingerprint density at radius 2 is 0.454 bits per heavy atom. The average molecular weight is 1550 g/mol. The Kier molecular flexibility index (Phi) is 74.5. The van der Waals surface area contributed by atoms with E-state index in [-0.39, 0.29) is 25.7 Å². The van der Waals surface area contributed by atoms with Gasteiger partial charge in [-0.2, -0.15) is 0 Å². The van der Waals surface area contributed by atoms with Crippen LogP contribution in [-0.2, 0) is 65.4 Å². The lowest BCUT2D eigenvalue weighted by Crippen LogP contribution is -2.30. The summed E-state index contributed by atoms with van der Waals surface area (Å²) < 4.78 is 68.6. The fraction of sp³-hybridized carbons (Fsp3) is 0.596. The van der Waals surface area contributed by atoms with Crippen molar-refractivity contribution in [3.8, 4) is 0 Å². The van der Waals surface area contributed by atoms with E-state index in [1.54, 1.807) is 0 Å². The molecule has 0 saturated carbocycles. The fourth-order valence-electron chi connectivity index (χ4n) is 10.0. The van der Waals surface area contributed by atoms with Gasteiger partial charge in [0.2, 0.25) is 0 Å². The molecule has 0 radical (unpaired) electrons. The van der Waals surface area contributed by atoms with Gasteiger partial charge in [0.15, 0.2) is 12.2 Å². The Balaban J connectivity index is 5.49. The van der Waals surface area contributed by atoms with Gasteiger partial charge < -0.3 is 33.8 Å². The summed E-state index contributed by atoms with van der Waals surface area (Å²) >= 11 is 0. The molecule has 5 atom stereocenters. The van der Waals surface area contributed by atoms with Crippen molar-refractivity contribution in [1.29, 1.82) is 0 Å².